The van der Waals surface area contributed by atoms with Gasteiger partial charge in [-0.05, 0) is 37.6 Å². The first-order valence-corrected chi connectivity index (χ1v) is 6.24. The Hall–Kier alpha value is -1.42. The molecule has 2 nitrogen and oxygen atoms in total. The van der Waals surface area contributed by atoms with E-state index in [1.165, 1.54) is 18.2 Å². The highest BCUT2D eigenvalue weighted by molar-refractivity contribution is 5.29. The Morgan fingerprint density at radius 2 is 2.06 bits per heavy atom. The molecule has 1 heterocycles. The largest absolute Gasteiger partial charge is 0.496 e. The maximum Gasteiger partial charge on any atom is 0.131 e. The van der Waals surface area contributed by atoms with E-state index in [9.17, 15) is 8.78 Å². The van der Waals surface area contributed by atoms with Crippen molar-refractivity contribution in [1.82, 2.24) is 5.32 Å². The number of nitrogens with one attached hydrogen (secondary N) is 1. The molecule has 0 saturated carbocycles. The third-order valence-electron chi connectivity index (χ3n) is 2.94. The van der Waals surface area contributed by atoms with Gasteiger partial charge in [0, 0.05) is 5.56 Å². The summed E-state index contributed by atoms with van der Waals surface area (Å²) in [4.78, 5) is 0. The monoisotopic (exact) mass is 253 g/mol. The zero-order chi connectivity index (χ0) is 13.0. The van der Waals surface area contributed by atoms with Crippen molar-refractivity contribution < 1.29 is 13.5 Å². The van der Waals surface area contributed by atoms with Crippen molar-refractivity contribution in [3.05, 3.63) is 47.2 Å². The van der Waals surface area contributed by atoms with Gasteiger partial charge < -0.3 is 10.1 Å². The number of ether oxygens (including phenoxy) is 1. The molecule has 1 aliphatic rings. The molecule has 2 rings (SSSR count). The molecule has 1 aromatic rings. The van der Waals surface area contributed by atoms with Crippen LogP contribution in [0, 0.1) is 11.6 Å². The number of allylic oxidation sites excluding steroid dienone is 1. The van der Waals surface area contributed by atoms with Crippen molar-refractivity contribution in [2.24, 2.45) is 0 Å². The second-order valence-corrected chi connectivity index (χ2v) is 4.22. The van der Waals surface area contributed by atoms with Gasteiger partial charge in [0.2, 0.25) is 0 Å². The van der Waals surface area contributed by atoms with Crippen LogP contribution in [0.5, 0.6) is 0 Å². The summed E-state index contributed by atoms with van der Waals surface area (Å²) in [5.74, 6) is -0.473. The quantitative estimate of drug-likeness (QED) is 0.888. The zero-order valence-corrected chi connectivity index (χ0v) is 10.4. The van der Waals surface area contributed by atoms with Crippen molar-refractivity contribution in [3.63, 3.8) is 0 Å². The van der Waals surface area contributed by atoms with Crippen LogP contribution in [0.1, 0.15) is 31.4 Å². The van der Waals surface area contributed by atoms with Crippen LogP contribution in [0.3, 0.4) is 0 Å². The molecule has 0 bridgehead atoms. The van der Waals surface area contributed by atoms with Crippen molar-refractivity contribution in [2.45, 2.75) is 25.8 Å². The van der Waals surface area contributed by atoms with Crippen LogP contribution in [0.4, 0.5) is 8.78 Å². The standard InChI is InChI=1S/C14H17F2NO/c1-2-17-14(12-8-3-4-9-18-12)13-10(15)6-5-7-11(13)16/h5-8,14,17H,2-4,9H2,1H3. The molecule has 4 heteroatoms. The predicted molar refractivity (Wildman–Crippen MR) is 66.0 cm³/mol. The molecular formula is C14H17F2NO. The Bertz CT molecular complexity index is 425. The third-order valence-corrected chi connectivity index (χ3v) is 2.94. The van der Waals surface area contributed by atoms with Gasteiger partial charge in [0.1, 0.15) is 17.4 Å². The lowest BCUT2D eigenvalue weighted by Crippen LogP contribution is -2.27. The second kappa shape index (κ2) is 5.96. The van der Waals surface area contributed by atoms with Gasteiger partial charge in [0.15, 0.2) is 0 Å². The SMILES string of the molecule is CCNC(C1=CCCCO1)c1c(F)cccc1F. The summed E-state index contributed by atoms with van der Waals surface area (Å²) >= 11 is 0. The topological polar surface area (TPSA) is 21.3 Å². The van der Waals surface area contributed by atoms with E-state index in [0.29, 0.717) is 18.9 Å². The van der Waals surface area contributed by atoms with Crippen LogP contribution in [0.15, 0.2) is 30.0 Å². The third kappa shape index (κ3) is 2.70. The first-order chi connectivity index (χ1) is 8.74. The fourth-order valence-electron chi connectivity index (χ4n) is 2.11. The first-order valence-electron chi connectivity index (χ1n) is 6.24. The highest BCUT2D eigenvalue weighted by Gasteiger charge is 2.25. The molecule has 0 aromatic heterocycles. The van der Waals surface area contributed by atoms with Crippen LogP contribution >= 0.6 is 0 Å². The van der Waals surface area contributed by atoms with Crippen molar-refractivity contribution >= 4 is 0 Å². The summed E-state index contributed by atoms with van der Waals surface area (Å²) in [5.41, 5.74) is 0.0347. The van der Waals surface area contributed by atoms with Crippen LogP contribution in [0.2, 0.25) is 0 Å². The van der Waals surface area contributed by atoms with Gasteiger partial charge in [-0.2, -0.15) is 0 Å². The molecule has 0 saturated heterocycles. The molecule has 1 aromatic carbocycles. The summed E-state index contributed by atoms with van der Waals surface area (Å²) in [6.45, 7) is 3.11. The molecular weight excluding hydrogens is 236 g/mol. The molecule has 0 amide bonds. The van der Waals surface area contributed by atoms with E-state index in [-0.39, 0.29) is 5.56 Å². The summed E-state index contributed by atoms with van der Waals surface area (Å²) in [7, 11) is 0. The van der Waals surface area contributed by atoms with Crippen LogP contribution in [-0.2, 0) is 4.74 Å². The minimum absolute atomic E-state index is 0.0347. The first kappa shape index (κ1) is 13.0. The maximum absolute atomic E-state index is 13.8. The molecule has 0 fully saturated rings. The number of hydrogen-bond donors (Lipinski definition) is 1. The van der Waals surface area contributed by atoms with E-state index in [0.717, 1.165) is 12.8 Å². The zero-order valence-electron chi connectivity index (χ0n) is 10.4. The van der Waals surface area contributed by atoms with Gasteiger partial charge in [0.25, 0.3) is 0 Å². The van der Waals surface area contributed by atoms with Gasteiger partial charge in [-0.1, -0.05) is 13.0 Å². The fourth-order valence-corrected chi connectivity index (χ4v) is 2.11. The molecule has 0 radical (unpaired) electrons. The van der Waals surface area contributed by atoms with Gasteiger partial charge >= 0.3 is 0 Å². The molecule has 1 aliphatic heterocycles. The average molecular weight is 253 g/mol. The van der Waals surface area contributed by atoms with E-state index >= 15 is 0 Å². The van der Waals surface area contributed by atoms with Crippen LogP contribution < -0.4 is 5.32 Å². The minimum atomic E-state index is -0.545. The predicted octanol–water partition coefficient (Wildman–Crippen LogP) is 3.31. The number of likely N-dealkylation sites (N-methyl/N-ethyl adjacent to an activating group) is 1. The lowest BCUT2D eigenvalue weighted by atomic mass is 10.0. The van der Waals surface area contributed by atoms with Crippen molar-refractivity contribution in [3.8, 4) is 0 Å². The van der Waals surface area contributed by atoms with Gasteiger partial charge in [-0.15, -0.1) is 0 Å². The highest BCUT2D eigenvalue weighted by Crippen LogP contribution is 2.29. The van der Waals surface area contributed by atoms with E-state index in [1.807, 2.05) is 13.0 Å². The number of benzene rings is 1. The fraction of sp³-hybridized carbons (Fsp3) is 0.429. The second-order valence-electron chi connectivity index (χ2n) is 4.22. The van der Waals surface area contributed by atoms with Crippen molar-refractivity contribution in [1.29, 1.82) is 0 Å². The minimum Gasteiger partial charge on any atom is -0.496 e. The van der Waals surface area contributed by atoms with Gasteiger partial charge in [0.05, 0.1) is 12.6 Å². The summed E-state index contributed by atoms with van der Waals surface area (Å²) in [5, 5.41) is 3.08. The molecule has 98 valence electrons. The Kier molecular flexibility index (Phi) is 4.31. The Labute approximate surface area is 106 Å². The lowest BCUT2D eigenvalue weighted by molar-refractivity contribution is 0.166. The van der Waals surface area contributed by atoms with Crippen LogP contribution in [0.25, 0.3) is 0 Å². The maximum atomic E-state index is 13.8. The van der Waals surface area contributed by atoms with E-state index in [2.05, 4.69) is 5.32 Å². The number of hydrogen-bond acceptors (Lipinski definition) is 2. The molecule has 18 heavy (non-hydrogen) atoms. The molecule has 0 aliphatic carbocycles. The molecule has 0 spiro atoms. The number of rotatable bonds is 4. The summed E-state index contributed by atoms with van der Waals surface area (Å²) < 4.78 is 33.2. The average Bonchev–Trinajstić information content (AvgIpc) is 2.38. The van der Waals surface area contributed by atoms with E-state index < -0.39 is 17.7 Å². The molecule has 1 atom stereocenters. The van der Waals surface area contributed by atoms with E-state index in [1.54, 1.807) is 0 Å². The highest BCUT2D eigenvalue weighted by atomic mass is 19.1. The Morgan fingerprint density at radius 3 is 2.61 bits per heavy atom. The molecule has 1 N–H and O–H groups in total. The van der Waals surface area contributed by atoms with E-state index in [4.69, 9.17) is 4.74 Å². The van der Waals surface area contributed by atoms with Gasteiger partial charge in [-0.25, -0.2) is 8.78 Å². The smallest absolute Gasteiger partial charge is 0.131 e. The summed E-state index contributed by atoms with van der Waals surface area (Å²) in [6, 6.07) is 3.36. The Morgan fingerprint density at radius 1 is 1.33 bits per heavy atom. The van der Waals surface area contributed by atoms with Crippen molar-refractivity contribution in [2.75, 3.05) is 13.2 Å². The van der Waals surface area contributed by atoms with Crippen LogP contribution in [-0.4, -0.2) is 13.2 Å². The number of halogens is 2. The normalized spacial score (nSPS) is 16.9. The molecule has 1 unspecified atom stereocenters. The lowest BCUT2D eigenvalue weighted by Gasteiger charge is -2.25. The Balaban J connectivity index is 2.37. The van der Waals surface area contributed by atoms with Gasteiger partial charge in [-0.3, -0.25) is 0 Å². The summed E-state index contributed by atoms with van der Waals surface area (Å²) in [6.07, 6.45) is 3.73.